The maximum atomic E-state index is 13.7. The molecule has 1 amide bonds. The van der Waals surface area contributed by atoms with Crippen LogP contribution in [0.5, 0.6) is 5.75 Å². The molecule has 3 heterocycles. The minimum absolute atomic E-state index is 0.0301. The first-order valence-corrected chi connectivity index (χ1v) is 11.4. The zero-order chi connectivity index (χ0) is 23.0. The molecule has 0 unspecified atom stereocenters. The molecule has 4 rings (SSSR count). The lowest BCUT2D eigenvalue weighted by Crippen LogP contribution is -2.48. The lowest BCUT2D eigenvalue weighted by molar-refractivity contribution is -0.139. The van der Waals surface area contributed by atoms with Crippen molar-refractivity contribution in [2.24, 2.45) is 5.92 Å². The van der Waals surface area contributed by atoms with Crippen LogP contribution in [0, 0.1) is 26.7 Å². The number of alkyl halides is 2. The highest BCUT2D eigenvalue weighted by Gasteiger charge is 2.38. The van der Waals surface area contributed by atoms with Gasteiger partial charge in [-0.25, -0.2) is 13.5 Å². The van der Waals surface area contributed by atoms with Crippen LogP contribution in [0.1, 0.15) is 49.0 Å². The molecule has 174 valence electrons. The van der Waals surface area contributed by atoms with E-state index in [2.05, 4.69) is 10.4 Å². The fourth-order valence-electron chi connectivity index (χ4n) is 4.83. The van der Waals surface area contributed by atoms with Gasteiger partial charge in [-0.3, -0.25) is 4.79 Å². The number of amides is 1. The molecule has 3 atom stereocenters. The van der Waals surface area contributed by atoms with E-state index in [4.69, 9.17) is 4.74 Å². The van der Waals surface area contributed by atoms with Crippen LogP contribution in [0.25, 0.3) is 0 Å². The summed E-state index contributed by atoms with van der Waals surface area (Å²) in [4.78, 5) is 14.8. The molecule has 2 aliphatic rings. The average molecular weight is 447 g/mol. The average Bonchev–Trinajstić information content (AvgIpc) is 3.15. The van der Waals surface area contributed by atoms with Gasteiger partial charge in [-0.05, 0) is 76.1 Å². The molecule has 32 heavy (non-hydrogen) atoms. The number of carbonyl (C=O) groups excluding carboxylic acids is 1. The van der Waals surface area contributed by atoms with E-state index in [-0.39, 0.29) is 17.9 Å². The number of aryl methyl sites for hydroxylation is 3. The number of hydrogen-bond acceptors (Lipinski definition) is 4. The van der Waals surface area contributed by atoms with Crippen LogP contribution in [0.4, 0.5) is 14.6 Å². The summed E-state index contributed by atoms with van der Waals surface area (Å²) in [5.74, 6) is 1.57. The number of anilines is 1. The summed E-state index contributed by atoms with van der Waals surface area (Å²) in [5.41, 5.74) is 3.04. The Morgan fingerprint density at radius 1 is 1.16 bits per heavy atom. The maximum absolute atomic E-state index is 13.7. The third-order valence-corrected chi connectivity index (χ3v) is 6.85. The number of halogens is 2. The van der Waals surface area contributed by atoms with Gasteiger partial charge in [-0.1, -0.05) is 6.07 Å². The highest BCUT2D eigenvalue weighted by molar-refractivity contribution is 5.81. The second-order valence-electron chi connectivity index (χ2n) is 9.17. The van der Waals surface area contributed by atoms with Crippen LogP contribution in [-0.2, 0) is 4.79 Å². The number of aromatic nitrogens is 2. The van der Waals surface area contributed by atoms with Crippen LogP contribution in [0.3, 0.4) is 0 Å². The predicted molar refractivity (Wildman–Crippen MR) is 119 cm³/mol. The van der Waals surface area contributed by atoms with E-state index >= 15 is 0 Å². The minimum atomic E-state index is -2.46. The first kappa shape index (κ1) is 22.6. The Kier molecular flexibility index (Phi) is 6.40. The van der Waals surface area contributed by atoms with Crippen LogP contribution in [0.2, 0.25) is 0 Å². The molecule has 0 saturated carbocycles. The molecule has 6 nitrogen and oxygen atoms in total. The van der Waals surface area contributed by atoms with Gasteiger partial charge < -0.3 is 15.0 Å². The molecule has 1 aromatic heterocycles. The van der Waals surface area contributed by atoms with Crippen molar-refractivity contribution in [1.82, 2.24) is 14.7 Å². The lowest BCUT2D eigenvalue weighted by Gasteiger charge is -2.40. The van der Waals surface area contributed by atoms with Gasteiger partial charge in [0.15, 0.2) is 6.10 Å². The van der Waals surface area contributed by atoms with Crippen molar-refractivity contribution in [1.29, 1.82) is 0 Å². The SMILES string of the molecule is Cc1cc2n(n1)[C@@H](C(F)F)C[C@@H](C1CCN(C(=O)[C@@H](C)Oc3ccc(C)c(C)c3)CC1)N2. The molecule has 1 saturated heterocycles. The number of carbonyl (C=O) groups is 1. The normalized spacial score (nSPS) is 22.4. The highest BCUT2D eigenvalue weighted by Crippen LogP contribution is 2.37. The lowest BCUT2D eigenvalue weighted by atomic mass is 9.85. The van der Waals surface area contributed by atoms with Gasteiger partial charge in [0.25, 0.3) is 12.3 Å². The molecule has 0 spiro atoms. The van der Waals surface area contributed by atoms with Crippen molar-refractivity contribution in [2.45, 2.75) is 71.6 Å². The van der Waals surface area contributed by atoms with Crippen LogP contribution >= 0.6 is 0 Å². The molecule has 8 heteroatoms. The van der Waals surface area contributed by atoms with Gasteiger partial charge in [0.1, 0.15) is 17.6 Å². The Bertz CT molecular complexity index is 969. The Morgan fingerprint density at radius 3 is 2.53 bits per heavy atom. The number of fused-ring (bicyclic) bond motifs is 1. The van der Waals surface area contributed by atoms with Crippen molar-refractivity contribution in [3.8, 4) is 5.75 Å². The molecular weight excluding hydrogens is 414 g/mol. The summed E-state index contributed by atoms with van der Waals surface area (Å²) in [6.45, 7) is 8.88. The van der Waals surface area contributed by atoms with Gasteiger partial charge in [-0.15, -0.1) is 0 Å². The number of rotatable bonds is 5. The number of hydrogen-bond donors (Lipinski definition) is 1. The number of likely N-dealkylation sites (tertiary alicyclic amines) is 1. The first-order valence-electron chi connectivity index (χ1n) is 11.4. The zero-order valence-electron chi connectivity index (χ0n) is 19.1. The van der Waals surface area contributed by atoms with E-state index in [1.54, 1.807) is 6.92 Å². The highest BCUT2D eigenvalue weighted by atomic mass is 19.3. The molecule has 2 aromatic rings. The topological polar surface area (TPSA) is 59.4 Å². The molecule has 2 aliphatic heterocycles. The molecule has 1 fully saturated rings. The van der Waals surface area contributed by atoms with Crippen LogP contribution in [-0.4, -0.2) is 52.2 Å². The number of nitrogens with zero attached hydrogens (tertiary/aromatic N) is 3. The van der Waals surface area contributed by atoms with Gasteiger partial charge in [0, 0.05) is 25.2 Å². The monoisotopic (exact) mass is 446 g/mol. The Balaban J connectivity index is 1.34. The number of ether oxygens (including phenoxy) is 1. The van der Waals surface area contributed by atoms with E-state index in [0.29, 0.717) is 31.1 Å². The summed E-state index contributed by atoms with van der Waals surface area (Å²) in [5, 5.41) is 7.66. The van der Waals surface area contributed by atoms with Crippen molar-refractivity contribution in [3.05, 3.63) is 41.1 Å². The summed E-state index contributed by atoms with van der Waals surface area (Å²) in [6.07, 6.45) is -1.12. The minimum Gasteiger partial charge on any atom is -0.481 e. The van der Waals surface area contributed by atoms with E-state index < -0.39 is 18.6 Å². The largest absolute Gasteiger partial charge is 0.481 e. The predicted octanol–water partition coefficient (Wildman–Crippen LogP) is 4.50. The second-order valence-corrected chi connectivity index (χ2v) is 9.17. The first-order chi connectivity index (χ1) is 15.2. The van der Waals surface area contributed by atoms with Crippen molar-refractivity contribution in [2.75, 3.05) is 18.4 Å². The zero-order valence-corrected chi connectivity index (χ0v) is 19.1. The van der Waals surface area contributed by atoms with Crippen LogP contribution in [0.15, 0.2) is 24.3 Å². The maximum Gasteiger partial charge on any atom is 0.263 e. The molecule has 0 bridgehead atoms. The fourth-order valence-corrected chi connectivity index (χ4v) is 4.83. The molecule has 0 radical (unpaired) electrons. The van der Waals surface area contributed by atoms with E-state index in [1.807, 2.05) is 49.9 Å². The quantitative estimate of drug-likeness (QED) is 0.735. The van der Waals surface area contributed by atoms with Crippen LogP contribution < -0.4 is 10.1 Å². The van der Waals surface area contributed by atoms with Gasteiger partial charge in [0.05, 0.1) is 5.69 Å². The third kappa shape index (κ3) is 4.59. The second kappa shape index (κ2) is 9.08. The van der Waals surface area contributed by atoms with Gasteiger partial charge >= 0.3 is 0 Å². The smallest absolute Gasteiger partial charge is 0.263 e. The van der Waals surface area contributed by atoms with Crippen molar-refractivity contribution in [3.63, 3.8) is 0 Å². The molecule has 1 N–H and O–H groups in total. The summed E-state index contributed by atoms with van der Waals surface area (Å²) < 4.78 is 34.7. The number of benzene rings is 1. The summed E-state index contributed by atoms with van der Waals surface area (Å²) >= 11 is 0. The summed E-state index contributed by atoms with van der Waals surface area (Å²) in [6, 6.07) is 6.71. The molecule has 1 aromatic carbocycles. The van der Waals surface area contributed by atoms with Gasteiger partial charge in [-0.2, -0.15) is 5.10 Å². The Labute approximate surface area is 187 Å². The van der Waals surface area contributed by atoms with Crippen molar-refractivity contribution >= 4 is 11.7 Å². The van der Waals surface area contributed by atoms with Gasteiger partial charge in [0.2, 0.25) is 0 Å². The van der Waals surface area contributed by atoms with E-state index in [9.17, 15) is 13.6 Å². The number of nitrogens with one attached hydrogen (secondary N) is 1. The number of piperidine rings is 1. The molecule has 0 aliphatic carbocycles. The van der Waals surface area contributed by atoms with E-state index in [0.717, 1.165) is 24.1 Å². The Hall–Kier alpha value is -2.64. The van der Waals surface area contributed by atoms with E-state index in [1.165, 1.54) is 10.2 Å². The summed E-state index contributed by atoms with van der Waals surface area (Å²) in [7, 11) is 0. The third-order valence-electron chi connectivity index (χ3n) is 6.85. The van der Waals surface area contributed by atoms with Crippen molar-refractivity contribution < 1.29 is 18.3 Å². The fraction of sp³-hybridized carbons (Fsp3) is 0.583. The Morgan fingerprint density at radius 2 is 1.88 bits per heavy atom. The molecular formula is C24H32F2N4O2. The standard InChI is InChI=1S/C24H32F2N4O2/c1-14-5-6-19(11-15(14)2)32-17(4)24(31)29-9-7-18(8-10-29)20-13-21(23(25)26)30-22(27-20)12-16(3)28-30/h5-6,11-12,17-18,20-21,23,27H,7-10,13H2,1-4H3/t17-,20+,21-/m1/s1.